The fourth-order valence-electron chi connectivity index (χ4n) is 4.00. The number of pyridine rings is 1. The van der Waals surface area contributed by atoms with Gasteiger partial charge in [-0.3, -0.25) is 14.6 Å². The lowest BCUT2D eigenvalue weighted by molar-refractivity contribution is -0.117. The molecule has 2 aromatic heterocycles. The maximum atomic E-state index is 12.8. The van der Waals surface area contributed by atoms with Crippen LogP contribution >= 0.6 is 23.5 Å². The first-order valence-corrected chi connectivity index (χ1v) is 14.9. The third-order valence-corrected chi connectivity index (χ3v) is 8.52. The monoisotopic (exact) mass is 518 g/mol. The molecule has 1 N–H and O–H groups in total. The van der Waals surface area contributed by atoms with Crippen molar-refractivity contribution in [2.75, 3.05) is 62.8 Å². The number of imidazole rings is 1. The minimum atomic E-state index is -1.15. The van der Waals surface area contributed by atoms with Crippen molar-refractivity contribution in [1.29, 1.82) is 0 Å². The van der Waals surface area contributed by atoms with E-state index in [1.807, 2.05) is 49.8 Å². The first-order valence-electron chi connectivity index (χ1n) is 11.1. The highest BCUT2D eigenvalue weighted by molar-refractivity contribution is 7.99. The number of anilines is 1. The van der Waals surface area contributed by atoms with Crippen molar-refractivity contribution in [3.05, 3.63) is 42.4 Å². The molecule has 0 spiro atoms. The van der Waals surface area contributed by atoms with E-state index in [0.717, 1.165) is 65.1 Å². The Bertz CT molecular complexity index is 1150. The summed E-state index contributed by atoms with van der Waals surface area (Å²) in [7, 11) is -1.15. The molecule has 3 aromatic rings. The summed E-state index contributed by atoms with van der Waals surface area (Å²) in [6.45, 7) is 6.41. The highest BCUT2D eigenvalue weighted by atomic mass is 32.2. The number of nitrogens with one attached hydrogen (secondary N) is 1. The number of benzene rings is 1. The van der Waals surface area contributed by atoms with Crippen LogP contribution in [-0.2, 0) is 15.8 Å². The molecule has 8 nitrogen and oxygen atoms in total. The summed E-state index contributed by atoms with van der Waals surface area (Å²) in [5, 5.41) is 3.94. The second-order valence-corrected chi connectivity index (χ2v) is 11.2. The van der Waals surface area contributed by atoms with E-state index in [1.165, 1.54) is 0 Å². The van der Waals surface area contributed by atoms with Gasteiger partial charge in [0.1, 0.15) is 22.3 Å². The van der Waals surface area contributed by atoms with E-state index in [2.05, 4.69) is 25.1 Å². The molecular formula is C23H30N6O2S3. The Morgan fingerprint density at radius 3 is 2.59 bits per heavy atom. The van der Waals surface area contributed by atoms with E-state index in [0.29, 0.717) is 12.3 Å². The lowest BCUT2D eigenvalue weighted by atomic mass is 10.3. The number of carbonyl (C=O) groups excluding carboxylic acids is 1. The molecule has 1 aliphatic rings. The van der Waals surface area contributed by atoms with Crippen molar-refractivity contribution in [2.45, 2.75) is 16.8 Å². The number of carbonyl (C=O) groups is 1. The molecule has 1 aliphatic heterocycles. The van der Waals surface area contributed by atoms with Gasteiger partial charge in [-0.25, -0.2) is 18.1 Å². The third kappa shape index (κ3) is 6.01. The topological polar surface area (TPSA) is 83.4 Å². The van der Waals surface area contributed by atoms with Gasteiger partial charge in [0.2, 0.25) is 5.91 Å². The number of fused-ring (bicyclic) bond motifs is 1. The predicted molar refractivity (Wildman–Crippen MR) is 142 cm³/mol. The van der Waals surface area contributed by atoms with Gasteiger partial charge < -0.3 is 5.32 Å². The summed E-state index contributed by atoms with van der Waals surface area (Å²) in [5.41, 5.74) is 3.52. The zero-order valence-electron chi connectivity index (χ0n) is 19.7. The predicted octanol–water partition coefficient (Wildman–Crippen LogP) is 2.95. The molecule has 1 unspecified atom stereocenters. The number of para-hydroxylation sites is 2. The second-order valence-electron chi connectivity index (χ2n) is 8.10. The van der Waals surface area contributed by atoms with Crippen LogP contribution in [-0.4, -0.2) is 91.4 Å². The third-order valence-electron chi connectivity index (χ3n) is 5.81. The molecule has 182 valence electrons. The molecule has 1 saturated heterocycles. The highest BCUT2D eigenvalue weighted by Crippen LogP contribution is 2.33. The summed E-state index contributed by atoms with van der Waals surface area (Å²) in [5.74, 6) is 0.536. The number of nitrogens with zero attached hydrogens (tertiary/aromatic N) is 5. The first-order chi connectivity index (χ1) is 16.5. The number of aromatic nitrogens is 3. The molecule has 0 bridgehead atoms. The van der Waals surface area contributed by atoms with Crippen LogP contribution in [0.3, 0.4) is 0 Å². The van der Waals surface area contributed by atoms with Crippen molar-refractivity contribution in [1.82, 2.24) is 23.7 Å². The maximum Gasteiger partial charge on any atom is 0.238 e. The molecule has 4 rings (SSSR count). The first kappa shape index (κ1) is 25.2. The molecule has 1 aromatic carbocycles. The van der Waals surface area contributed by atoms with E-state index >= 15 is 0 Å². The van der Waals surface area contributed by atoms with E-state index < -0.39 is 11.0 Å². The summed E-state index contributed by atoms with van der Waals surface area (Å²) < 4.78 is 14.6. The van der Waals surface area contributed by atoms with Crippen LogP contribution in [0.4, 0.5) is 5.69 Å². The summed E-state index contributed by atoms with van der Waals surface area (Å²) in [4.78, 5) is 27.2. The Morgan fingerprint density at radius 1 is 1.12 bits per heavy atom. The smallest absolute Gasteiger partial charge is 0.238 e. The fourth-order valence-corrected chi connectivity index (χ4v) is 6.44. The molecule has 0 saturated carbocycles. The van der Waals surface area contributed by atoms with Crippen LogP contribution in [0.15, 0.2) is 46.6 Å². The standard InChI is InChI=1S/C23H30N6O2S3/c1-17-14-20(32-2)22(23(25-17)33-3)26-21(30)15-28-10-8-27(9-11-28)12-13-34(31)29-16-24-18-6-4-5-7-19(18)29/h4-7,14,16H,8-13,15H2,1-3H3,(H,26,30). The van der Waals surface area contributed by atoms with Gasteiger partial charge in [0.25, 0.3) is 0 Å². The van der Waals surface area contributed by atoms with Crippen molar-refractivity contribution in [2.24, 2.45) is 0 Å². The summed E-state index contributed by atoms with van der Waals surface area (Å²) in [6.07, 6.45) is 5.64. The molecule has 1 atom stereocenters. The van der Waals surface area contributed by atoms with Crippen molar-refractivity contribution in [3.63, 3.8) is 0 Å². The average Bonchev–Trinajstić information content (AvgIpc) is 3.28. The Balaban J connectivity index is 1.25. The number of rotatable bonds is 9. The van der Waals surface area contributed by atoms with Crippen molar-refractivity contribution < 1.29 is 9.00 Å². The lowest BCUT2D eigenvalue weighted by Crippen LogP contribution is -2.49. The molecule has 1 fully saturated rings. The van der Waals surface area contributed by atoms with Gasteiger partial charge in [-0.2, -0.15) is 0 Å². The van der Waals surface area contributed by atoms with Gasteiger partial charge in [0.05, 0.1) is 29.0 Å². The van der Waals surface area contributed by atoms with Crippen LogP contribution < -0.4 is 5.32 Å². The minimum Gasteiger partial charge on any atom is -0.322 e. The number of aryl methyl sites for hydroxylation is 1. The van der Waals surface area contributed by atoms with Gasteiger partial charge in [0, 0.05) is 43.3 Å². The maximum absolute atomic E-state index is 12.8. The quantitative estimate of drug-likeness (QED) is 0.433. The van der Waals surface area contributed by atoms with Gasteiger partial charge >= 0.3 is 0 Å². The van der Waals surface area contributed by atoms with Crippen LogP contribution in [0.5, 0.6) is 0 Å². The van der Waals surface area contributed by atoms with Crippen molar-refractivity contribution in [3.8, 4) is 0 Å². The molecule has 3 heterocycles. The highest BCUT2D eigenvalue weighted by Gasteiger charge is 2.21. The Morgan fingerprint density at radius 2 is 1.85 bits per heavy atom. The summed E-state index contributed by atoms with van der Waals surface area (Å²) >= 11 is 3.16. The Kier molecular flexibility index (Phi) is 8.65. The number of piperazine rings is 1. The van der Waals surface area contributed by atoms with E-state index in [-0.39, 0.29) is 5.91 Å². The molecular weight excluding hydrogens is 488 g/mol. The number of thioether (sulfide) groups is 2. The van der Waals surface area contributed by atoms with Gasteiger partial charge in [0.15, 0.2) is 0 Å². The Labute approximate surface area is 211 Å². The van der Waals surface area contributed by atoms with Crippen LogP contribution in [0.1, 0.15) is 5.69 Å². The SMILES string of the molecule is CSc1cc(C)nc(SC)c1NC(=O)CN1CCN(CCS(=O)n2cnc3ccccc32)CC1. The van der Waals surface area contributed by atoms with Crippen LogP contribution in [0.2, 0.25) is 0 Å². The van der Waals surface area contributed by atoms with E-state index in [9.17, 15) is 9.00 Å². The largest absolute Gasteiger partial charge is 0.322 e. The normalized spacial score (nSPS) is 16.1. The second kappa shape index (κ2) is 11.7. The molecule has 0 aliphatic carbocycles. The van der Waals surface area contributed by atoms with Gasteiger partial charge in [-0.15, -0.1) is 23.5 Å². The van der Waals surface area contributed by atoms with Crippen LogP contribution in [0, 0.1) is 6.92 Å². The van der Waals surface area contributed by atoms with Gasteiger partial charge in [-0.1, -0.05) is 12.1 Å². The average molecular weight is 519 g/mol. The Hall–Kier alpha value is -1.92. The molecule has 34 heavy (non-hydrogen) atoms. The lowest BCUT2D eigenvalue weighted by Gasteiger charge is -2.34. The van der Waals surface area contributed by atoms with Gasteiger partial charge in [-0.05, 0) is 37.6 Å². The number of amides is 1. The zero-order chi connectivity index (χ0) is 24.1. The van der Waals surface area contributed by atoms with Crippen molar-refractivity contribution >= 4 is 57.1 Å². The number of hydrogen-bond donors (Lipinski definition) is 1. The minimum absolute atomic E-state index is 0.0159. The molecule has 11 heteroatoms. The van der Waals surface area contributed by atoms with E-state index in [4.69, 9.17) is 0 Å². The van der Waals surface area contributed by atoms with Crippen LogP contribution in [0.25, 0.3) is 11.0 Å². The molecule has 1 amide bonds. The molecule has 0 radical (unpaired) electrons. The summed E-state index contributed by atoms with van der Waals surface area (Å²) in [6, 6.07) is 9.75. The number of hydrogen-bond acceptors (Lipinski definition) is 8. The zero-order valence-corrected chi connectivity index (χ0v) is 22.1. The fraction of sp³-hybridized carbons (Fsp3) is 0.435. The van der Waals surface area contributed by atoms with E-state index in [1.54, 1.807) is 33.8 Å².